The van der Waals surface area contributed by atoms with Gasteiger partial charge in [-0.25, -0.2) is 8.78 Å². The molecule has 0 aromatic heterocycles. The van der Waals surface area contributed by atoms with E-state index in [1.807, 2.05) is 0 Å². The summed E-state index contributed by atoms with van der Waals surface area (Å²) in [4.78, 5) is 0. The van der Waals surface area contributed by atoms with E-state index >= 15 is 0 Å². The normalized spacial score (nSPS) is 13.8. The van der Waals surface area contributed by atoms with Gasteiger partial charge in [0.05, 0.1) is 5.60 Å². The first-order chi connectivity index (χ1) is 9.92. The van der Waals surface area contributed by atoms with Gasteiger partial charge in [0.1, 0.15) is 11.6 Å². The van der Waals surface area contributed by atoms with Crippen molar-refractivity contribution >= 4 is 0 Å². The van der Waals surface area contributed by atoms with Crippen LogP contribution in [0.5, 0.6) is 11.5 Å². The molecular formula is C16H16F2O3. The minimum absolute atomic E-state index is 0.0775. The lowest BCUT2D eigenvalue weighted by Crippen LogP contribution is -2.22. The van der Waals surface area contributed by atoms with Gasteiger partial charge in [0.25, 0.3) is 0 Å². The standard InChI is InChI=1S/C16H16F2O3/c1-16(20,8-9-19)11-2-5-13(6-3-11)21-15-7-4-12(17)10-14(15)18/h2-7,10,19-20H,8-9H2,1H3. The third kappa shape index (κ3) is 3.77. The van der Waals surface area contributed by atoms with Crippen molar-refractivity contribution < 1.29 is 23.7 Å². The molecule has 0 heterocycles. The first-order valence-electron chi connectivity index (χ1n) is 6.49. The summed E-state index contributed by atoms with van der Waals surface area (Å²) in [6.07, 6.45) is 0.208. The third-order valence-electron chi connectivity index (χ3n) is 3.20. The number of ether oxygens (including phenoxy) is 1. The molecule has 0 aliphatic rings. The topological polar surface area (TPSA) is 49.7 Å². The summed E-state index contributed by atoms with van der Waals surface area (Å²) >= 11 is 0. The number of rotatable bonds is 5. The second-order valence-electron chi connectivity index (χ2n) is 4.95. The lowest BCUT2D eigenvalue weighted by molar-refractivity contribution is 0.0299. The van der Waals surface area contributed by atoms with Crippen LogP contribution in [0.2, 0.25) is 0 Å². The molecule has 0 saturated heterocycles. The lowest BCUT2D eigenvalue weighted by Gasteiger charge is -2.22. The smallest absolute Gasteiger partial charge is 0.168 e. The van der Waals surface area contributed by atoms with Crippen molar-refractivity contribution in [2.45, 2.75) is 18.9 Å². The Bertz CT molecular complexity index is 609. The van der Waals surface area contributed by atoms with Gasteiger partial charge in [-0.05, 0) is 36.8 Å². The maximum atomic E-state index is 13.5. The molecule has 5 heteroatoms. The fourth-order valence-corrected chi connectivity index (χ4v) is 1.93. The molecule has 21 heavy (non-hydrogen) atoms. The minimum Gasteiger partial charge on any atom is -0.454 e. The predicted molar refractivity (Wildman–Crippen MR) is 74.1 cm³/mol. The molecule has 112 valence electrons. The molecule has 2 N–H and O–H groups in total. The van der Waals surface area contributed by atoms with Gasteiger partial charge in [0, 0.05) is 19.1 Å². The van der Waals surface area contributed by atoms with E-state index in [9.17, 15) is 13.9 Å². The van der Waals surface area contributed by atoms with Crippen molar-refractivity contribution in [3.05, 3.63) is 59.7 Å². The quantitative estimate of drug-likeness (QED) is 0.889. The minimum atomic E-state index is -1.14. The van der Waals surface area contributed by atoms with Gasteiger partial charge in [-0.3, -0.25) is 0 Å². The highest BCUT2D eigenvalue weighted by atomic mass is 19.1. The molecule has 0 spiro atoms. The molecule has 2 aromatic rings. The SMILES string of the molecule is CC(O)(CCO)c1ccc(Oc2ccc(F)cc2F)cc1. The van der Waals surface area contributed by atoms with Gasteiger partial charge >= 0.3 is 0 Å². The van der Waals surface area contributed by atoms with Crippen molar-refractivity contribution in [3.63, 3.8) is 0 Å². The molecule has 0 saturated carbocycles. The average Bonchev–Trinajstić information content (AvgIpc) is 2.42. The molecule has 3 nitrogen and oxygen atoms in total. The lowest BCUT2D eigenvalue weighted by atomic mass is 9.93. The number of halogens is 2. The Hall–Kier alpha value is -1.98. The fourth-order valence-electron chi connectivity index (χ4n) is 1.93. The summed E-state index contributed by atoms with van der Waals surface area (Å²) in [6, 6.07) is 9.47. The predicted octanol–water partition coefficient (Wildman–Crippen LogP) is 3.35. The van der Waals surface area contributed by atoms with Crippen LogP contribution in [0.4, 0.5) is 8.78 Å². The van der Waals surface area contributed by atoms with Crippen LogP contribution in [0.25, 0.3) is 0 Å². The summed E-state index contributed by atoms with van der Waals surface area (Å²) in [5.41, 5.74) is -0.530. The molecule has 2 rings (SSSR count). The Kier molecular flexibility index (Phi) is 4.55. The Morgan fingerprint density at radius 3 is 2.33 bits per heavy atom. The first-order valence-corrected chi connectivity index (χ1v) is 6.49. The van der Waals surface area contributed by atoms with Gasteiger partial charge in [-0.15, -0.1) is 0 Å². The third-order valence-corrected chi connectivity index (χ3v) is 3.20. The van der Waals surface area contributed by atoms with Crippen molar-refractivity contribution in [2.24, 2.45) is 0 Å². The van der Waals surface area contributed by atoms with Crippen LogP contribution in [0.3, 0.4) is 0 Å². The first kappa shape index (κ1) is 15.4. The molecule has 1 unspecified atom stereocenters. The Morgan fingerprint density at radius 2 is 1.76 bits per heavy atom. The number of benzene rings is 2. The zero-order valence-electron chi connectivity index (χ0n) is 11.5. The average molecular weight is 294 g/mol. The second-order valence-corrected chi connectivity index (χ2v) is 4.95. The van der Waals surface area contributed by atoms with Crippen LogP contribution >= 0.6 is 0 Å². The Balaban J connectivity index is 2.16. The molecular weight excluding hydrogens is 278 g/mol. The summed E-state index contributed by atoms with van der Waals surface area (Å²) in [5.74, 6) is -1.17. The van der Waals surface area contributed by atoms with Gasteiger partial charge in [0.2, 0.25) is 0 Å². The monoisotopic (exact) mass is 294 g/mol. The van der Waals surface area contributed by atoms with Gasteiger partial charge in [-0.2, -0.15) is 0 Å². The summed E-state index contributed by atoms with van der Waals surface area (Å²) in [5, 5.41) is 19.0. The molecule has 2 aromatic carbocycles. The van der Waals surface area contributed by atoms with E-state index in [2.05, 4.69) is 0 Å². The maximum Gasteiger partial charge on any atom is 0.168 e. The van der Waals surface area contributed by atoms with Crippen molar-refractivity contribution in [3.8, 4) is 11.5 Å². The molecule has 0 aliphatic heterocycles. The van der Waals surface area contributed by atoms with Crippen LogP contribution in [0.1, 0.15) is 18.9 Å². The van der Waals surface area contributed by atoms with Crippen LogP contribution in [0.15, 0.2) is 42.5 Å². The van der Waals surface area contributed by atoms with Crippen molar-refractivity contribution in [1.82, 2.24) is 0 Å². The molecule has 0 aliphatic carbocycles. The summed E-state index contributed by atoms with van der Waals surface area (Å²) in [7, 11) is 0. The van der Waals surface area contributed by atoms with E-state index in [0.29, 0.717) is 11.3 Å². The van der Waals surface area contributed by atoms with Crippen LogP contribution < -0.4 is 4.74 Å². The van der Waals surface area contributed by atoms with Gasteiger partial charge < -0.3 is 14.9 Å². The van der Waals surface area contributed by atoms with E-state index in [1.54, 1.807) is 31.2 Å². The van der Waals surface area contributed by atoms with E-state index in [1.165, 1.54) is 6.07 Å². The highest BCUT2D eigenvalue weighted by Gasteiger charge is 2.22. The highest BCUT2D eigenvalue weighted by molar-refractivity contribution is 5.35. The summed E-state index contributed by atoms with van der Waals surface area (Å²) < 4.78 is 31.6. The van der Waals surface area contributed by atoms with E-state index in [4.69, 9.17) is 9.84 Å². The number of hydrogen-bond acceptors (Lipinski definition) is 3. The summed E-state index contributed by atoms with van der Waals surface area (Å²) in [6.45, 7) is 1.46. The Morgan fingerprint density at radius 1 is 1.10 bits per heavy atom. The van der Waals surface area contributed by atoms with Gasteiger partial charge in [0.15, 0.2) is 11.6 Å². The van der Waals surface area contributed by atoms with Crippen molar-refractivity contribution in [2.75, 3.05) is 6.61 Å². The van der Waals surface area contributed by atoms with Crippen LogP contribution in [-0.4, -0.2) is 16.8 Å². The molecule has 0 bridgehead atoms. The van der Waals surface area contributed by atoms with Gasteiger partial charge in [-0.1, -0.05) is 12.1 Å². The van der Waals surface area contributed by atoms with Crippen LogP contribution in [-0.2, 0) is 5.60 Å². The number of hydrogen-bond donors (Lipinski definition) is 2. The molecule has 0 radical (unpaired) electrons. The zero-order chi connectivity index (χ0) is 15.5. The van der Waals surface area contributed by atoms with Crippen molar-refractivity contribution in [1.29, 1.82) is 0 Å². The molecule has 1 atom stereocenters. The number of aliphatic hydroxyl groups excluding tert-OH is 1. The second kappa shape index (κ2) is 6.20. The fraction of sp³-hybridized carbons (Fsp3) is 0.250. The molecule has 0 amide bonds. The van der Waals surface area contributed by atoms with E-state index in [0.717, 1.165) is 12.1 Å². The maximum absolute atomic E-state index is 13.5. The van der Waals surface area contributed by atoms with Crippen LogP contribution in [0, 0.1) is 11.6 Å². The van der Waals surface area contributed by atoms with E-state index in [-0.39, 0.29) is 18.8 Å². The zero-order valence-corrected chi connectivity index (χ0v) is 11.5. The molecule has 0 fully saturated rings. The van der Waals surface area contributed by atoms with E-state index < -0.39 is 17.2 Å². The number of aliphatic hydroxyl groups is 2. The highest BCUT2D eigenvalue weighted by Crippen LogP contribution is 2.29. The largest absolute Gasteiger partial charge is 0.454 e. The Labute approximate surface area is 121 Å².